The van der Waals surface area contributed by atoms with Gasteiger partial charge in [0.1, 0.15) is 5.82 Å². The second-order valence-corrected chi connectivity index (χ2v) is 8.71. The number of aromatic nitrogens is 1. The minimum Gasteiger partial charge on any atom is -0.378 e. The highest BCUT2D eigenvalue weighted by atomic mass is 35.5. The van der Waals surface area contributed by atoms with Crippen LogP contribution in [0.15, 0.2) is 36.5 Å². The zero-order chi connectivity index (χ0) is 20.1. The van der Waals surface area contributed by atoms with Gasteiger partial charge in [0.15, 0.2) is 0 Å². The van der Waals surface area contributed by atoms with E-state index in [-0.39, 0.29) is 5.91 Å². The average molecular weight is 433 g/mol. The molecule has 0 spiro atoms. The predicted octanol–water partition coefficient (Wildman–Crippen LogP) is 3.37. The molecule has 0 bridgehead atoms. The third-order valence-corrected chi connectivity index (χ3v) is 6.39. The fraction of sp³-hybridized carbons (Fsp3) is 0.429. The number of pyridine rings is 1. The lowest BCUT2D eigenvalue weighted by Gasteiger charge is -2.28. The van der Waals surface area contributed by atoms with E-state index in [1.165, 1.54) is 17.2 Å². The summed E-state index contributed by atoms with van der Waals surface area (Å²) in [6.07, 6.45) is 1.59. The first-order chi connectivity index (χ1) is 14.2. The number of amides is 1. The summed E-state index contributed by atoms with van der Waals surface area (Å²) in [7, 11) is 0. The normalized spacial score (nSPS) is 17.3. The van der Waals surface area contributed by atoms with E-state index in [2.05, 4.69) is 39.5 Å². The minimum atomic E-state index is -0.0547. The summed E-state index contributed by atoms with van der Waals surface area (Å²) < 4.78 is 5.30. The molecule has 0 aliphatic carbocycles. The van der Waals surface area contributed by atoms with Gasteiger partial charge in [-0.3, -0.25) is 4.79 Å². The Balaban J connectivity index is 1.35. The summed E-state index contributed by atoms with van der Waals surface area (Å²) in [4.78, 5) is 21.1. The summed E-state index contributed by atoms with van der Waals surface area (Å²) in [5.41, 5.74) is 2.94. The standard InChI is InChI=1S/C21H25ClN4O2S/c22-19-13-17(21(27)26-5-9-28-10-6-26)15-24-20(19)23-14-16-1-3-18(4-2-16)25-7-11-29-12-8-25/h1-4,13,15H,5-12,14H2,(H,23,24). The molecule has 2 saturated heterocycles. The van der Waals surface area contributed by atoms with Crippen LogP contribution in [0.1, 0.15) is 15.9 Å². The lowest BCUT2D eigenvalue weighted by Crippen LogP contribution is -2.40. The number of ether oxygens (including phenoxy) is 1. The van der Waals surface area contributed by atoms with E-state index in [9.17, 15) is 4.79 Å². The summed E-state index contributed by atoms with van der Waals surface area (Å²) in [5, 5.41) is 3.72. The molecule has 0 radical (unpaired) electrons. The van der Waals surface area contributed by atoms with Crippen molar-refractivity contribution in [3.63, 3.8) is 0 Å². The molecule has 1 aromatic heterocycles. The van der Waals surface area contributed by atoms with Crippen LogP contribution >= 0.6 is 23.4 Å². The Kier molecular flexibility index (Phi) is 6.79. The smallest absolute Gasteiger partial charge is 0.255 e. The summed E-state index contributed by atoms with van der Waals surface area (Å²) in [6.45, 7) is 5.18. The number of carbonyl (C=O) groups is 1. The van der Waals surface area contributed by atoms with Crippen molar-refractivity contribution in [1.29, 1.82) is 0 Å². The number of carbonyl (C=O) groups excluding carboxylic acids is 1. The van der Waals surface area contributed by atoms with Gasteiger partial charge in [-0.05, 0) is 23.8 Å². The lowest BCUT2D eigenvalue weighted by atomic mass is 10.2. The van der Waals surface area contributed by atoms with Crippen LogP contribution in [-0.4, -0.2) is 66.7 Å². The van der Waals surface area contributed by atoms with E-state index in [1.54, 1.807) is 17.2 Å². The largest absolute Gasteiger partial charge is 0.378 e. The van der Waals surface area contributed by atoms with Crippen molar-refractivity contribution in [3.05, 3.63) is 52.7 Å². The third-order valence-electron chi connectivity index (χ3n) is 5.16. The second-order valence-electron chi connectivity index (χ2n) is 7.08. The highest BCUT2D eigenvalue weighted by Gasteiger charge is 2.19. The molecule has 2 aliphatic heterocycles. The molecule has 0 saturated carbocycles. The van der Waals surface area contributed by atoms with Gasteiger partial charge >= 0.3 is 0 Å². The topological polar surface area (TPSA) is 57.7 Å². The van der Waals surface area contributed by atoms with Crippen molar-refractivity contribution in [2.75, 3.05) is 61.1 Å². The van der Waals surface area contributed by atoms with Gasteiger partial charge in [-0.25, -0.2) is 4.98 Å². The molecular weight excluding hydrogens is 408 g/mol. The molecule has 0 atom stereocenters. The molecule has 2 aromatic rings. The molecule has 2 aliphatic rings. The first kappa shape index (κ1) is 20.3. The maximum atomic E-state index is 12.6. The number of hydrogen-bond acceptors (Lipinski definition) is 6. The molecular formula is C21H25ClN4O2S. The van der Waals surface area contributed by atoms with E-state index < -0.39 is 0 Å². The van der Waals surface area contributed by atoms with Crippen LogP contribution in [0.25, 0.3) is 0 Å². The highest BCUT2D eigenvalue weighted by Crippen LogP contribution is 2.23. The highest BCUT2D eigenvalue weighted by molar-refractivity contribution is 7.99. The van der Waals surface area contributed by atoms with Crippen LogP contribution < -0.4 is 10.2 Å². The molecule has 1 aromatic carbocycles. The lowest BCUT2D eigenvalue weighted by molar-refractivity contribution is 0.0302. The van der Waals surface area contributed by atoms with Gasteiger partial charge < -0.3 is 19.9 Å². The van der Waals surface area contributed by atoms with Crippen molar-refractivity contribution in [2.45, 2.75) is 6.54 Å². The predicted molar refractivity (Wildman–Crippen MR) is 119 cm³/mol. The van der Waals surface area contributed by atoms with Crippen molar-refractivity contribution in [2.24, 2.45) is 0 Å². The average Bonchev–Trinajstić information content (AvgIpc) is 2.79. The Morgan fingerprint density at radius 1 is 1.14 bits per heavy atom. The van der Waals surface area contributed by atoms with Crippen LogP contribution in [0.2, 0.25) is 5.02 Å². The van der Waals surface area contributed by atoms with Crippen LogP contribution in [0.4, 0.5) is 11.5 Å². The number of benzene rings is 1. The van der Waals surface area contributed by atoms with Gasteiger partial charge in [-0.2, -0.15) is 11.8 Å². The number of halogens is 1. The minimum absolute atomic E-state index is 0.0547. The van der Waals surface area contributed by atoms with Gasteiger partial charge in [0.25, 0.3) is 5.91 Å². The number of rotatable bonds is 5. The van der Waals surface area contributed by atoms with Gasteiger partial charge in [-0.1, -0.05) is 23.7 Å². The Hall–Kier alpha value is -1.96. The van der Waals surface area contributed by atoms with E-state index in [1.807, 2.05) is 11.8 Å². The Bertz CT molecular complexity index is 837. The van der Waals surface area contributed by atoms with Gasteiger partial charge in [-0.15, -0.1) is 0 Å². The van der Waals surface area contributed by atoms with Gasteiger partial charge in [0.2, 0.25) is 0 Å². The second kappa shape index (κ2) is 9.69. The molecule has 29 heavy (non-hydrogen) atoms. The van der Waals surface area contributed by atoms with Crippen molar-refractivity contribution < 1.29 is 9.53 Å². The molecule has 8 heteroatoms. The Morgan fingerprint density at radius 3 is 2.55 bits per heavy atom. The van der Waals surface area contributed by atoms with Crippen LogP contribution in [-0.2, 0) is 11.3 Å². The molecule has 6 nitrogen and oxygen atoms in total. The molecule has 2 fully saturated rings. The summed E-state index contributed by atoms with van der Waals surface area (Å²) in [5.74, 6) is 2.91. The number of hydrogen-bond donors (Lipinski definition) is 1. The first-order valence-electron chi connectivity index (χ1n) is 9.89. The monoisotopic (exact) mass is 432 g/mol. The molecule has 1 N–H and O–H groups in total. The number of anilines is 2. The molecule has 154 valence electrons. The quantitative estimate of drug-likeness (QED) is 0.781. The molecule has 3 heterocycles. The third kappa shape index (κ3) is 5.15. The van der Waals surface area contributed by atoms with E-state index >= 15 is 0 Å². The van der Waals surface area contributed by atoms with E-state index in [4.69, 9.17) is 16.3 Å². The number of nitrogens with one attached hydrogen (secondary N) is 1. The summed E-state index contributed by atoms with van der Waals surface area (Å²) in [6, 6.07) is 10.3. The van der Waals surface area contributed by atoms with E-state index in [0.29, 0.717) is 49.3 Å². The number of thioether (sulfide) groups is 1. The van der Waals surface area contributed by atoms with Crippen molar-refractivity contribution >= 4 is 40.8 Å². The summed E-state index contributed by atoms with van der Waals surface area (Å²) >= 11 is 8.39. The number of nitrogens with zero attached hydrogens (tertiary/aromatic N) is 3. The Morgan fingerprint density at radius 2 is 1.86 bits per heavy atom. The van der Waals surface area contributed by atoms with E-state index in [0.717, 1.165) is 18.7 Å². The zero-order valence-corrected chi connectivity index (χ0v) is 17.8. The van der Waals surface area contributed by atoms with Gasteiger partial charge in [0.05, 0.1) is 23.8 Å². The van der Waals surface area contributed by atoms with Crippen LogP contribution in [0, 0.1) is 0 Å². The maximum Gasteiger partial charge on any atom is 0.255 e. The fourth-order valence-corrected chi connectivity index (χ4v) is 4.60. The van der Waals surface area contributed by atoms with Crippen LogP contribution in [0.5, 0.6) is 0 Å². The SMILES string of the molecule is O=C(c1cnc(NCc2ccc(N3CCSCC3)cc2)c(Cl)c1)N1CCOCC1. The molecule has 1 amide bonds. The van der Waals surface area contributed by atoms with Crippen LogP contribution in [0.3, 0.4) is 0 Å². The maximum absolute atomic E-state index is 12.6. The van der Waals surface area contributed by atoms with Gasteiger partial charge in [0, 0.05) is 56.1 Å². The number of morpholine rings is 1. The molecule has 0 unspecified atom stereocenters. The fourth-order valence-electron chi connectivity index (χ4n) is 3.47. The van der Waals surface area contributed by atoms with Crippen molar-refractivity contribution in [1.82, 2.24) is 9.88 Å². The first-order valence-corrected chi connectivity index (χ1v) is 11.4. The van der Waals surface area contributed by atoms with Crippen molar-refractivity contribution in [3.8, 4) is 0 Å². The molecule has 4 rings (SSSR count). The Labute approximate surface area is 180 Å². The zero-order valence-electron chi connectivity index (χ0n) is 16.3.